The largest absolute Gasteiger partial charge is 0.371 e. The molecular weight excluding hydrogens is 384 g/mol. The molecule has 0 spiro atoms. The molecule has 0 radical (unpaired) electrons. The minimum atomic E-state index is -3.25. The average molecular weight is 413 g/mol. The molecule has 1 aliphatic rings. The van der Waals surface area contributed by atoms with Gasteiger partial charge < -0.3 is 15.2 Å². The van der Waals surface area contributed by atoms with Gasteiger partial charge in [0.25, 0.3) is 0 Å². The minimum absolute atomic E-state index is 0.0741. The first-order chi connectivity index (χ1) is 14.0. The number of hydrogen-bond donors (Lipinski definition) is 3. The summed E-state index contributed by atoms with van der Waals surface area (Å²) in [4.78, 5) is 5.79. The number of nitrogens with zero attached hydrogens (tertiary/aromatic N) is 1. The van der Waals surface area contributed by atoms with E-state index in [4.69, 9.17) is 0 Å². The number of aromatic nitrogens is 1. The predicted molar refractivity (Wildman–Crippen MR) is 120 cm³/mol. The summed E-state index contributed by atoms with van der Waals surface area (Å²) in [6.45, 7) is 4.39. The molecule has 3 N–H and O–H groups in total. The highest BCUT2D eigenvalue weighted by molar-refractivity contribution is 7.92. The Morgan fingerprint density at radius 1 is 1.07 bits per heavy atom. The number of benzene rings is 2. The summed E-state index contributed by atoms with van der Waals surface area (Å²) in [7, 11) is -3.25. The van der Waals surface area contributed by atoms with E-state index < -0.39 is 10.0 Å². The molecule has 6 nitrogen and oxygen atoms in total. The molecule has 0 bridgehead atoms. The number of rotatable bonds is 7. The van der Waals surface area contributed by atoms with Crippen LogP contribution in [0.5, 0.6) is 0 Å². The topological polar surface area (TPSA) is 77.2 Å². The lowest BCUT2D eigenvalue weighted by atomic mass is 10.0. The average Bonchev–Trinajstić information content (AvgIpc) is 3.16. The molecule has 2 heterocycles. The third-order valence-electron chi connectivity index (χ3n) is 5.53. The van der Waals surface area contributed by atoms with Crippen molar-refractivity contribution in [3.63, 3.8) is 0 Å². The van der Waals surface area contributed by atoms with Crippen molar-refractivity contribution in [3.05, 3.63) is 60.3 Å². The number of fused-ring (bicyclic) bond motifs is 1. The third-order valence-corrected chi connectivity index (χ3v) is 6.83. The van der Waals surface area contributed by atoms with Crippen molar-refractivity contribution < 1.29 is 8.42 Å². The van der Waals surface area contributed by atoms with E-state index in [1.54, 1.807) is 13.0 Å². The highest BCUT2D eigenvalue weighted by atomic mass is 32.2. The van der Waals surface area contributed by atoms with Crippen LogP contribution in [0, 0.1) is 0 Å². The first kappa shape index (κ1) is 19.8. The zero-order chi connectivity index (χ0) is 20.3. The molecule has 7 heteroatoms. The monoisotopic (exact) mass is 412 g/mol. The second-order valence-corrected chi connectivity index (χ2v) is 9.59. The van der Waals surface area contributed by atoms with Gasteiger partial charge in [-0.15, -0.1) is 0 Å². The highest BCUT2D eigenvalue weighted by Crippen LogP contribution is 2.24. The Balaban J connectivity index is 1.31. The van der Waals surface area contributed by atoms with Gasteiger partial charge >= 0.3 is 0 Å². The molecule has 1 aromatic heterocycles. The van der Waals surface area contributed by atoms with Crippen molar-refractivity contribution in [1.29, 1.82) is 0 Å². The molecule has 0 saturated carbocycles. The Labute approximate surface area is 172 Å². The standard InChI is InChI=1S/C22H28N4O2S/c1-2-29(27,28)25-19-7-5-8-21(15-19)26-12-10-18(11-13-26)23-16-20-14-17-6-3-4-9-22(17)24-20/h3-9,14-15,18,23-25H,2,10-13,16H2,1H3. The number of hydrogen-bond acceptors (Lipinski definition) is 4. The third kappa shape index (κ3) is 4.92. The second kappa shape index (κ2) is 8.47. The van der Waals surface area contributed by atoms with Crippen LogP contribution in [-0.2, 0) is 16.6 Å². The van der Waals surface area contributed by atoms with Crippen molar-refractivity contribution >= 4 is 32.3 Å². The number of nitrogens with one attached hydrogen (secondary N) is 3. The summed E-state index contributed by atoms with van der Waals surface area (Å²) in [5.41, 5.74) is 4.08. The van der Waals surface area contributed by atoms with Crippen LogP contribution in [0.1, 0.15) is 25.5 Å². The van der Waals surface area contributed by atoms with E-state index in [1.165, 1.54) is 16.6 Å². The summed E-state index contributed by atoms with van der Waals surface area (Å²) in [5.74, 6) is 0.0741. The summed E-state index contributed by atoms with van der Waals surface area (Å²) in [5, 5.41) is 4.92. The smallest absolute Gasteiger partial charge is 0.232 e. The quantitative estimate of drug-likeness (QED) is 0.553. The van der Waals surface area contributed by atoms with Crippen molar-refractivity contribution in [1.82, 2.24) is 10.3 Å². The van der Waals surface area contributed by atoms with E-state index >= 15 is 0 Å². The van der Waals surface area contributed by atoms with Crippen molar-refractivity contribution in [2.45, 2.75) is 32.4 Å². The van der Waals surface area contributed by atoms with Crippen molar-refractivity contribution in [2.24, 2.45) is 0 Å². The van der Waals surface area contributed by atoms with Crippen LogP contribution < -0.4 is 14.9 Å². The molecule has 29 heavy (non-hydrogen) atoms. The van der Waals surface area contributed by atoms with E-state index in [1.807, 2.05) is 24.3 Å². The maximum absolute atomic E-state index is 11.8. The molecule has 1 fully saturated rings. The summed E-state index contributed by atoms with van der Waals surface area (Å²) in [6.07, 6.45) is 2.12. The fourth-order valence-electron chi connectivity index (χ4n) is 3.84. The highest BCUT2D eigenvalue weighted by Gasteiger charge is 2.19. The van der Waals surface area contributed by atoms with Crippen LogP contribution in [0.25, 0.3) is 10.9 Å². The van der Waals surface area contributed by atoms with Gasteiger partial charge in [0.2, 0.25) is 10.0 Å². The summed E-state index contributed by atoms with van der Waals surface area (Å²) in [6, 6.07) is 18.7. The molecule has 4 rings (SSSR count). The lowest BCUT2D eigenvalue weighted by Crippen LogP contribution is -2.42. The van der Waals surface area contributed by atoms with Gasteiger partial charge in [0.15, 0.2) is 0 Å². The molecule has 0 amide bonds. The number of sulfonamides is 1. The van der Waals surface area contributed by atoms with Crippen LogP contribution in [0.3, 0.4) is 0 Å². The first-order valence-electron chi connectivity index (χ1n) is 10.2. The van der Waals surface area contributed by atoms with E-state index in [0.29, 0.717) is 11.7 Å². The van der Waals surface area contributed by atoms with E-state index in [9.17, 15) is 8.42 Å². The molecule has 0 aliphatic carbocycles. The Morgan fingerprint density at radius 3 is 2.62 bits per heavy atom. The van der Waals surface area contributed by atoms with Crippen LogP contribution in [-0.4, -0.2) is 38.3 Å². The number of piperidine rings is 1. The van der Waals surface area contributed by atoms with Gasteiger partial charge in [0, 0.05) is 42.6 Å². The number of H-pyrrole nitrogens is 1. The van der Waals surface area contributed by atoms with Gasteiger partial charge in [-0.3, -0.25) is 4.72 Å². The van der Waals surface area contributed by atoms with Crippen LogP contribution in [0.2, 0.25) is 0 Å². The lowest BCUT2D eigenvalue weighted by Gasteiger charge is -2.34. The van der Waals surface area contributed by atoms with Crippen molar-refractivity contribution in [2.75, 3.05) is 28.5 Å². The second-order valence-electron chi connectivity index (χ2n) is 7.58. The fourth-order valence-corrected chi connectivity index (χ4v) is 4.47. The van der Waals surface area contributed by atoms with E-state index in [0.717, 1.165) is 38.2 Å². The zero-order valence-corrected chi connectivity index (χ0v) is 17.5. The number of anilines is 2. The Morgan fingerprint density at radius 2 is 1.86 bits per heavy atom. The predicted octanol–water partition coefficient (Wildman–Crippen LogP) is 3.69. The Kier molecular flexibility index (Phi) is 5.78. The van der Waals surface area contributed by atoms with Crippen molar-refractivity contribution in [3.8, 4) is 0 Å². The molecule has 3 aromatic rings. The van der Waals surface area contributed by atoms with Gasteiger partial charge in [0.05, 0.1) is 11.4 Å². The maximum Gasteiger partial charge on any atom is 0.232 e. The molecular formula is C22H28N4O2S. The maximum atomic E-state index is 11.8. The molecule has 154 valence electrons. The van der Waals surface area contributed by atoms with Gasteiger partial charge in [0.1, 0.15) is 0 Å². The molecule has 2 aromatic carbocycles. The molecule has 1 saturated heterocycles. The van der Waals surface area contributed by atoms with E-state index in [2.05, 4.69) is 44.2 Å². The minimum Gasteiger partial charge on any atom is -0.371 e. The van der Waals surface area contributed by atoms with Crippen LogP contribution in [0.15, 0.2) is 54.6 Å². The van der Waals surface area contributed by atoms with Gasteiger partial charge in [-0.25, -0.2) is 8.42 Å². The normalized spacial score (nSPS) is 15.7. The van der Waals surface area contributed by atoms with Crippen LogP contribution >= 0.6 is 0 Å². The molecule has 0 unspecified atom stereocenters. The Bertz CT molecular complexity index is 1040. The summed E-state index contributed by atoms with van der Waals surface area (Å²) < 4.78 is 26.3. The molecule has 0 atom stereocenters. The fraction of sp³-hybridized carbons (Fsp3) is 0.364. The SMILES string of the molecule is CCS(=O)(=O)Nc1cccc(N2CCC(NCc3cc4ccccc4[nH]3)CC2)c1. The Hall–Kier alpha value is -2.51. The van der Waals surface area contributed by atoms with E-state index in [-0.39, 0.29) is 5.75 Å². The number of aromatic amines is 1. The van der Waals surface area contributed by atoms with Crippen LogP contribution in [0.4, 0.5) is 11.4 Å². The summed E-state index contributed by atoms with van der Waals surface area (Å²) >= 11 is 0. The van der Waals surface area contributed by atoms with Gasteiger partial charge in [-0.2, -0.15) is 0 Å². The first-order valence-corrected chi connectivity index (χ1v) is 11.8. The lowest BCUT2D eigenvalue weighted by molar-refractivity contribution is 0.412. The molecule has 1 aliphatic heterocycles. The van der Waals surface area contributed by atoms with Gasteiger partial charge in [-0.05, 0) is 55.5 Å². The number of para-hydroxylation sites is 1. The zero-order valence-electron chi connectivity index (χ0n) is 16.7. The van der Waals surface area contributed by atoms with Gasteiger partial charge in [-0.1, -0.05) is 24.3 Å².